The number of hydrogen-bond acceptors (Lipinski definition) is 3. The lowest BCUT2D eigenvalue weighted by Gasteiger charge is -2.05. The summed E-state index contributed by atoms with van der Waals surface area (Å²) in [6.45, 7) is 2.56. The Balaban J connectivity index is 2.01. The van der Waals surface area contributed by atoms with Crippen LogP contribution < -0.4 is 11.1 Å². The third-order valence-corrected chi connectivity index (χ3v) is 3.81. The van der Waals surface area contributed by atoms with E-state index in [1.165, 1.54) is 4.88 Å². The van der Waals surface area contributed by atoms with Crippen molar-refractivity contribution in [3.8, 4) is 0 Å². The molecule has 1 aromatic carbocycles. The lowest BCUT2D eigenvalue weighted by atomic mass is 10.2. The molecular formula is C13H13ClN2OS. The van der Waals surface area contributed by atoms with E-state index in [1.54, 1.807) is 29.5 Å². The second-order valence-corrected chi connectivity index (χ2v) is 5.71. The Morgan fingerprint density at radius 1 is 1.39 bits per heavy atom. The van der Waals surface area contributed by atoms with Crippen molar-refractivity contribution in [2.45, 2.75) is 13.5 Å². The second-order valence-electron chi connectivity index (χ2n) is 3.93. The third-order valence-electron chi connectivity index (χ3n) is 2.48. The first-order valence-electron chi connectivity index (χ1n) is 5.45. The number of rotatable bonds is 3. The normalized spacial score (nSPS) is 10.3. The Bertz CT molecular complexity index is 580. The lowest BCUT2D eigenvalue weighted by molar-refractivity contribution is 0.0951. The topological polar surface area (TPSA) is 55.1 Å². The number of aryl methyl sites for hydroxylation is 1. The van der Waals surface area contributed by atoms with Gasteiger partial charge in [-0.05, 0) is 37.3 Å². The van der Waals surface area contributed by atoms with Gasteiger partial charge in [0.1, 0.15) is 0 Å². The van der Waals surface area contributed by atoms with Crippen LogP contribution in [0.2, 0.25) is 5.02 Å². The highest BCUT2D eigenvalue weighted by Crippen LogP contribution is 2.20. The fourth-order valence-electron chi connectivity index (χ4n) is 1.52. The van der Waals surface area contributed by atoms with Gasteiger partial charge in [0, 0.05) is 15.3 Å². The van der Waals surface area contributed by atoms with E-state index >= 15 is 0 Å². The largest absolute Gasteiger partial charge is 0.398 e. The summed E-state index contributed by atoms with van der Waals surface area (Å²) in [4.78, 5) is 14.2. The number of anilines is 1. The molecule has 0 spiro atoms. The van der Waals surface area contributed by atoms with Crippen LogP contribution >= 0.6 is 22.9 Å². The molecule has 0 aliphatic rings. The molecule has 0 atom stereocenters. The molecule has 1 aromatic heterocycles. The van der Waals surface area contributed by atoms with Gasteiger partial charge in [0.15, 0.2) is 0 Å². The van der Waals surface area contributed by atoms with Gasteiger partial charge in [-0.3, -0.25) is 4.79 Å². The van der Waals surface area contributed by atoms with Crippen LogP contribution in [0.15, 0.2) is 30.3 Å². The number of halogens is 1. The predicted octanol–water partition coefficient (Wildman–Crippen LogP) is 3.22. The molecule has 3 N–H and O–H groups in total. The number of carbonyl (C=O) groups is 1. The van der Waals surface area contributed by atoms with Crippen molar-refractivity contribution < 1.29 is 4.79 Å². The van der Waals surface area contributed by atoms with Crippen LogP contribution in [0.5, 0.6) is 0 Å². The van der Waals surface area contributed by atoms with Gasteiger partial charge in [-0.25, -0.2) is 0 Å². The molecule has 0 bridgehead atoms. The highest BCUT2D eigenvalue weighted by Gasteiger charge is 2.07. The zero-order valence-corrected chi connectivity index (χ0v) is 11.4. The number of nitrogens with two attached hydrogens (primary N) is 1. The number of carbonyl (C=O) groups excluding carboxylic acids is 1. The monoisotopic (exact) mass is 280 g/mol. The molecular weight excluding hydrogens is 268 g/mol. The summed E-state index contributed by atoms with van der Waals surface area (Å²) in [6, 6.07) is 8.91. The summed E-state index contributed by atoms with van der Waals surface area (Å²) in [5.74, 6) is -0.150. The van der Waals surface area contributed by atoms with Crippen LogP contribution in [0.3, 0.4) is 0 Å². The quantitative estimate of drug-likeness (QED) is 0.848. The Morgan fingerprint density at radius 3 is 2.78 bits per heavy atom. The van der Waals surface area contributed by atoms with Gasteiger partial charge in [-0.15, -0.1) is 11.3 Å². The van der Waals surface area contributed by atoms with E-state index in [1.807, 2.05) is 19.1 Å². The van der Waals surface area contributed by atoms with Crippen LogP contribution in [0.4, 0.5) is 5.69 Å². The lowest BCUT2D eigenvalue weighted by Crippen LogP contribution is -2.22. The second kappa shape index (κ2) is 5.42. The molecule has 0 saturated carbocycles. The molecule has 0 saturated heterocycles. The van der Waals surface area contributed by atoms with Crippen molar-refractivity contribution in [3.05, 3.63) is 50.7 Å². The van der Waals surface area contributed by atoms with Gasteiger partial charge in [0.25, 0.3) is 5.91 Å². The van der Waals surface area contributed by atoms with Crippen molar-refractivity contribution in [2.24, 2.45) is 0 Å². The molecule has 2 aromatic rings. The number of nitrogens with one attached hydrogen (secondary N) is 1. The Morgan fingerprint density at radius 2 is 2.17 bits per heavy atom. The first-order chi connectivity index (χ1) is 8.56. The van der Waals surface area contributed by atoms with Gasteiger partial charge in [0.05, 0.1) is 17.3 Å². The zero-order valence-electron chi connectivity index (χ0n) is 9.87. The molecule has 0 aliphatic carbocycles. The van der Waals surface area contributed by atoms with E-state index in [0.717, 1.165) is 4.88 Å². The molecule has 0 radical (unpaired) electrons. The molecule has 18 heavy (non-hydrogen) atoms. The molecule has 0 unspecified atom stereocenters. The third kappa shape index (κ3) is 3.03. The Hall–Kier alpha value is -1.52. The minimum Gasteiger partial charge on any atom is -0.398 e. The first-order valence-corrected chi connectivity index (χ1v) is 6.64. The standard InChI is InChI=1S/C13H13ClN2OS/c1-8-2-4-10(18-8)7-16-13(17)9-3-5-12(15)11(14)6-9/h2-6H,7,15H2,1H3,(H,16,17). The van der Waals surface area contributed by atoms with Crippen LogP contribution in [-0.4, -0.2) is 5.91 Å². The van der Waals surface area contributed by atoms with E-state index in [2.05, 4.69) is 5.32 Å². The van der Waals surface area contributed by atoms with Crippen molar-refractivity contribution in [1.29, 1.82) is 0 Å². The molecule has 3 nitrogen and oxygen atoms in total. The zero-order chi connectivity index (χ0) is 13.1. The van der Waals surface area contributed by atoms with Crippen molar-refractivity contribution in [3.63, 3.8) is 0 Å². The summed E-state index contributed by atoms with van der Waals surface area (Å²) in [7, 11) is 0. The highest BCUT2D eigenvalue weighted by molar-refractivity contribution is 7.11. The number of amides is 1. The van der Waals surface area contributed by atoms with Gasteiger partial charge in [-0.2, -0.15) is 0 Å². The summed E-state index contributed by atoms with van der Waals surface area (Å²) in [5, 5.41) is 3.25. The minimum atomic E-state index is -0.150. The van der Waals surface area contributed by atoms with Crippen molar-refractivity contribution >= 4 is 34.5 Å². The average molecular weight is 281 g/mol. The van der Waals surface area contributed by atoms with E-state index in [-0.39, 0.29) is 5.91 Å². The molecule has 0 fully saturated rings. The molecule has 94 valence electrons. The fourth-order valence-corrected chi connectivity index (χ4v) is 2.53. The summed E-state index contributed by atoms with van der Waals surface area (Å²) in [6.07, 6.45) is 0. The molecule has 0 aliphatic heterocycles. The fraction of sp³-hybridized carbons (Fsp3) is 0.154. The number of benzene rings is 1. The number of thiophene rings is 1. The van der Waals surface area contributed by atoms with E-state index < -0.39 is 0 Å². The van der Waals surface area contributed by atoms with Gasteiger partial charge in [0.2, 0.25) is 0 Å². The van der Waals surface area contributed by atoms with Gasteiger partial charge >= 0.3 is 0 Å². The summed E-state index contributed by atoms with van der Waals surface area (Å²) in [5.41, 5.74) is 6.58. The SMILES string of the molecule is Cc1ccc(CNC(=O)c2ccc(N)c(Cl)c2)s1. The Labute approximate surface area is 115 Å². The average Bonchev–Trinajstić information content (AvgIpc) is 2.75. The Kier molecular flexibility index (Phi) is 3.89. The molecule has 1 amide bonds. The maximum Gasteiger partial charge on any atom is 0.251 e. The van der Waals surface area contributed by atoms with Crippen LogP contribution in [0.25, 0.3) is 0 Å². The molecule has 5 heteroatoms. The van der Waals surface area contributed by atoms with Crippen LogP contribution in [-0.2, 0) is 6.54 Å². The predicted molar refractivity (Wildman–Crippen MR) is 76.1 cm³/mol. The van der Waals surface area contributed by atoms with Crippen molar-refractivity contribution in [1.82, 2.24) is 5.32 Å². The maximum absolute atomic E-state index is 11.9. The minimum absolute atomic E-state index is 0.150. The van der Waals surface area contributed by atoms with E-state index in [9.17, 15) is 4.79 Å². The van der Waals surface area contributed by atoms with Crippen molar-refractivity contribution in [2.75, 3.05) is 5.73 Å². The first kappa shape index (κ1) is 12.9. The van der Waals surface area contributed by atoms with Crippen LogP contribution in [0.1, 0.15) is 20.1 Å². The van der Waals surface area contributed by atoms with E-state index in [4.69, 9.17) is 17.3 Å². The van der Waals surface area contributed by atoms with Crippen LogP contribution in [0, 0.1) is 6.92 Å². The molecule has 1 heterocycles. The maximum atomic E-state index is 11.9. The molecule has 2 rings (SSSR count). The smallest absolute Gasteiger partial charge is 0.251 e. The number of nitrogen functional groups attached to an aromatic ring is 1. The van der Waals surface area contributed by atoms with Gasteiger partial charge < -0.3 is 11.1 Å². The highest BCUT2D eigenvalue weighted by atomic mass is 35.5. The summed E-state index contributed by atoms with van der Waals surface area (Å²) >= 11 is 7.55. The van der Waals surface area contributed by atoms with Gasteiger partial charge in [-0.1, -0.05) is 11.6 Å². The summed E-state index contributed by atoms with van der Waals surface area (Å²) < 4.78 is 0. The van der Waals surface area contributed by atoms with E-state index in [0.29, 0.717) is 22.8 Å². The number of hydrogen-bond donors (Lipinski definition) is 2.